The van der Waals surface area contributed by atoms with Gasteiger partial charge in [-0.1, -0.05) is 11.6 Å². The summed E-state index contributed by atoms with van der Waals surface area (Å²) in [5.74, 6) is -2.49. The number of halogens is 5. The third-order valence-electron chi connectivity index (χ3n) is 9.04. The fourth-order valence-corrected chi connectivity index (χ4v) is 6.07. The maximum absolute atomic E-state index is 13.4. The minimum Gasteiger partial charge on any atom is -0.378 e. The standard InChI is InChI=1S/C17H22F2N6O.C14H16ClF2N5.C3H7NO/c1-11-4-7-25(24-11)16-22-14(8-15(23-16)21-13-9-26-10-13)20-12-2-5-17(18,19)6-3-12;1-9-4-7-22(21-9)13-19-11(15)8-12(20-13)18-10-2-5-14(16,17)6-3-10;4-3-1-5-2-3/h4,7-8,12-13H,2-3,5-6,9-10H2,1H3,(H2,20,21,22,23);4,7-8,10H,2-3,5-6H2,1H3,(H,18,19,20);3H,1-2,4H2. The van der Waals surface area contributed by atoms with Crippen molar-refractivity contribution in [2.24, 2.45) is 5.73 Å². The second-order valence-electron chi connectivity index (χ2n) is 13.8. The van der Waals surface area contributed by atoms with Crippen molar-refractivity contribution in [1.82, 2.24) is 39.5 Å². The molecule has 19 heteroatoms. The molecule has 53 heavy (non-hydrogen) atoms. The first kappa shape index (κ1) is 38.6. The number of rotatable bonds is 8. The highest BCUT2D eigenvalue weighted by atomic mass is 35.5. The molecule has 4 fully saturated rings. The monoisotopic (exact) mass is 764 g/mol. The molecule has 4 aromatic heterocycles. The number of nitrogens with zero attached hydrogens (tertiary/aromatic N) is 8. The molecular weight excluding hydrogens is 720 g/mol. The second kappa shape index (κ2) is 16.9. The number of hydrogen-bond donors (Lipinski definition) is 4. The second-order valence-corrected chi connectivity index (χ2v) is 14.2. The van der Waals surface area contributed by atoms with Crippen LogP contribution in [0.1, 0.15) is 62.8 Å². The van der Waals surface area contributed by atoms with Crippen LogP contribution in [0, 0.1) is 13.8 Å². The van der Waals surface area contributed by atoms with E-state index in [4.69, 9.17) is 26.8 Å². The Balaban J connectivity index is 0.000000162. The number of anilines is 3. The van der Waals surface area contributed by atoms with E-state index in [9.17, 15) is 17.6 Å². The van der Waals surface area contributed by atoms with E-state index in [0.717, 1.165) is 24.6 Å². The van der Waals surface area contributed by atoms with Gasteiger partial charge in [-0.25, -0.2) is 26.9 Å². The fraction of sp³-hybridized carbons (Fsp3) is 0.588. The Morgan fingerprint density at radius 2 is 1.06 bits per heavy atom. The molecule has 5 N–H and O–H groups in total. The molecule has 14 nitrogen and oxygen atoms in total. The molecule has 4 aromatic rings. The van der Waals surface area contributed by atoms with Crippen molar-refractivity contribution in [3.8, 4) is 11.9 Å². The molecule has 8 rings (SSSR count). The van der Waals surface area contributed by atoms with Gasteiger partial charge in [0.05, 0.1) is 49.9 Å². The first-order valence-corrected chi connectivity index (χ1v) is 18.1. The Kier molecular flexibility index (Phi) is 12.3. The molecule has 2 aliphatic carbocycles. The zero-order chi connectivity index (χ0) is 37.6. The summed E-state index contributed by atoms with van der Waals surface area (Å²) >= 11 is 6.02. The van der Waals surface area contributed by atoms with Crippen LogP contribution in [0.25, 0.3) is 11.9 Å². The van der Waals surface area contributed by atoms with Crippen LogP contribution in [0.4, 0.5) is 35.0 Å². The van der Waals surface area contributed by atoms with Crippen molar-refractivity contribution in [3.63, 3.8) is 0 Å². The van der Waals surface area contributed by atoms with E-state index >= 15 is 0 Å². The predicted molar refractivity (Wildman–Crippen MR) is 191 cm³/mol. The van der Waals surface area contributed by atoms with Crippen LogP contribution in [0.2, 0.25) is 5.15 Å². The molecule has 2 saturated heterocycles. The average molecular weight is 765 g/mol. The molecule has 288 valence electrons. The smallest absolute Gasteiger partial charge is 0.254 e. The Hall–Kier alpha value is -4.13. The molecule has 0 aromatic carbocycles. The third kappa shape index (κ3) is 11.4. The van der Waals surface area contributed by atoms with Crippen LogP contribution in [-0.2, 0) is 9.47 Å². The minimum absolute atomic E-state index is 0.0170. The number of aromatic nitrogens is 8. The van der Waals surface area contributed by atoms with Gasteiger partial charge in [-0.2, -0.15) is 30.1 Å². The number of ether oxygens (including phenoxy) is 2. The molecule has 0 amide bonds. The van der Waals surface area contributed by atoms with E-state index < -0.39 is 11.8 Å². The molecule has 2 aliphatic heterocycles. The maximum Gasteiger partial charge on any atom is 0.254 e. The largest absolute Gasteiger partial charge is 0.378 e. The van der Waals surface area contributed by atoms with Crippen molar-refractivity contribution in [2.45, 2.75) is 101 Å². The summed E-state index contributed by atoms with van der Waals surface area (Å²) in [7, 11) is 0. The molecule has 4 aliphatic rings. The van der Waals surface area contributed by atoms with Crippen LogP contribution in [0.5, 0.6) is 0 Å². The van der Waals surface area contributed by atoms with Gasteiger partial charge in [-0.3, -0.25) is 0 Å². The van der Waals surface area contributed by atoms with Crippen molar-refractivity contribution in [1.29, 1.82) is 0 Å². The van der Waals surface area contributed by atoms with Crippen molar-refractivity contribution >= 4 is 29.1 Å². The van der Waals surface area contributed by atoms with Crippen molar-refractivity contribution in [3.05, 3.63) is 53.2 Å². The van der Waals surface area contributed by atoms with Crippen LogP contribution in [0.15, 0.2) is 36.7 Å². The van der Waals surface area contributed by atoms with Crippen molar-refractivity contribution < 1.29 is 27.0 Å². The van der Waals surface area contributed by atoms with Gasteiger partial charge in [0, 0.05) is 62.3 Å². The number of nitrogens with two attached hydrogens (primary N) is 1. The number of hydrogen-bond acceptors (Lipinski definition) is 12. The highest BCUT2D eigenvalue weighted by molar-refractivity contribution is 6.29. The molecule has 0 unspecified atom stereocenters. The zero-order valence-electron chi connectivity index (χ0n) is 29.6. The van der Waals surface area contributed by atoms with Crippen LogP contribution in [0.3, 0.4) is 0 Å². The van der Waals surface area contributed by atoms with E-state index in [1.807, 2.05) is 32.0 Å². The quantitative estimate of drug-likeness (QED) is 0.127. The molecule has 0 spiro atoms. The fourth-order valence-electron chi connectivity index (χ4n) is 5.89. The van der Waals surface area contributed by atoms with Gasteiger partial charge >= 0.3 is 0 Å². The highest BCUT2D eigenvalue weighted by Crippen LogP contribution is 2.35. The summed E-state index contributed by atoms with van der Waals surface area (Å²) in [5, 5.41) is 18.6. The first-order chi connectivity index (χ1) is 25.3. The zero-order valence-corrected chi connectivity index (χ0v) is 30.4. The molecular formula is C34H45ClF4N12O2. The first-order valence-electron chi connectivity index (χ1n) is 17.7. The van der Waals surface area contributed by atoms with Gasteiger partial charge < -0.3 is 31.2 Å². The lowest BCUT2D eigenvalue weighted by molar-refractivity contribution is -0.0366. The molecule has 0 radical (unpaired) electrons. The number of alkyl halides is 4. The summed E-state index contributed by atoms with van der Waals surface area (Å²) in [6.45, 7) is 6.56. The average Bonchev–Trinajstić information content (AvgIpc) is 3.72. The van der Waals surface area contributed by atoms with Gasteiger partial charge in [0.2, 0.25) is 11.8 Å². The molecule has 0 atom stereocenters. The van der Waals surface area contributed by atoms with Gasteiger partial charge in [-0.05, 0) is 51.7 Å². The van der Waals surface area contributed by atoms with Crippen LogP contribution >= 0.6 is 11.6 Å². The van der Waals surface area contributed by atoms with Crippen LogP contribution in [-0.4, -0.2) is 102 Å². The van der Waals surface area contributed by atoms with Gasteiger partial charge in [0.25, 0.3) is 11.9 Å². The van der Waals surface area contributed by atoms with E-state index in [2.05, 4.69) is 46.1 Å². The van der Waals surface area contributed by atoms with Crippen molar-refractivity contribution in [2.75, 3.05) is 42.4 Å². The Morgan fingerprint density at radius 3 is 1.42 bits per heavy atom. The minimum atomic E-state index is -2.54. The van der Waals surface area contributed by atoms with Gasteiger partial charge in [0.1, 0.15) is 22.6 Å². The lowest BCUT2D eigenvalue weighted by atomic mass is 9.92. The lowest BCUT2D eigenvalue weighted by Gasteiger charge is -2.30. The lowest BCUT2D eigenvalue weighted by Crippen LogP contribution is -2.41. The number of nitrogens with one attached hydrogen (secondary N) is 3. The third-order valence-corrected chi connectivity index (χ3v) is 9.24. The predicted octanol–water partition coefficient (Wildman–Crippen LogP) is 5.73. The Labute approximate surface area is 309 Å². The molecule has 6 heterocycles. The maximum atomic E-state index is 13.4. The van der Waals surface area contributed by atoms with E-state index in [-0.39, 0.29) is 49.0 Å². The Bertz CT molecular complexity index is 1780. The molecule has 2 saturated carbocycles. The number of aryl methyl sites for hydroxylation is 2. The molecule has 0 bridgehead atoms. The summed E-state index contributed by atoms with van der Waals surface area (Å²) in [4.78, 5) is 17.5. The highest BCUT2D eigenvalue weighted by Gasteiger charge is 2.36. The Morgan fingerprint density at radius 1 is 0.660 bits per heavy atom. The summed E-state index contributed by atoms with van der Waals surface area (Å²) < 4.78 is 66.1. The van der Waals surface area contributed by atoms with E-state index in [1.165, 1.54) is 4.68 Å². The SMILES string of the molecule is Cc1ccn(-c2nc(Cl)cc(NC3CCC(F)(F)CC3)n2)n1.Cc1ccn(-c2nc(NC3CCC(F)(F)CC3)cc(NC3COC3)n2)n1.NC1COC1. The van der Waals surface area contributed by atoms with Crippen LogP contribution < -0.4 is 21.7 Å². The normalized spacial score (nSPS) is 20.2. The van der Waals surface area contributed by atoms with Gasteiger partial charge in [-0.15, -0.1) is 0 Å². The van der Waals surface area contributed by atoms with Gasteiger partial charge in [0.15, 0.2) is 0 Å². The topological polar surface area (TPSA) is 168 Å². The van der Waals surface area contributed by atoms with E-state index in [1.54, 1.807) is 23.1 Å². The summed E-state index contributed by atoms with van der Waals surface area (Å²) in [6, 6.07) is 7.63. The summed E-state index contributed by atoms with van der Waals surface area (Å²) in [6.07, 6.45) is 4.81. The summed E-state index contributed by atoms with van der Waals surface area (Å²) in [5.41, 5.74) is 6.96. The van der Waals surface area contributed by atoms with E-state index in [0.29, 0.717) is 74.3 Å².